The molecule has 0 bridgehead atoms. The van der Waals surface area contributed by atoms with Crippen LogP contribution in [0.25, 0.3) is 0 Å². The molecule has 0 spiro atoms. The molecule has 0 aliphatic carbocycles. The van der Waals surface area contributed by atoms with E-state index < -0.39 is 23.6 Å². The van der Waals surface area contributed by atoms with Crippen LogP contribution in [0.4, 0.5) is 8.78 Å². The molecular weight excluding hydrogens is 202 g/mol. The van der Waals surface area contributed by atoms with Crippen LogP contribution in [-0.4, -0.2) is 19.0 Å². The third kappa shape index (κ3) is 2.99. The fraction of sp³-hybridized carbons (Fsp3) is 0.300. The lowest BCUT2D eigenvalue weighted by molar-refractivity contribution is -0.121. The molecule has 0 aliphatic heterocycles. The van der Waals surface area contributed by atoms with Gasteiger partial charge in [0.15, 0.2) is 0 Å². The third-order valence-corrected chi connectivity index (χ3v) is 2.03. The first-order valence-corrected chi connectivity index (χ1v) is 4.45. The summed E-state index contributed by atoms with van der Waals surface area (Å²) in [5.74, 6) is -1.51. The van der Waals surface area contributed by atoms with E-state index >= 15 is 0 Å². The fourth-order valence-corrected chi connectivity index (χ4v) is 1.21. The highest BCUT2D eigenvalue weighted by Crippen LogP contribution is 2.11. The Kier molecular flexibility index (Phi) is 3.74. The molecule has 1 unspecified atom stereocenters. The van der Waals surface area contributed by atoms with E-state index in [0.717, 1.165) is 18.2 Å². The lowest BCUT2D eigenvalue weighted by Crippen LogP contribution is -2.40. The topological polar surface area (TPSA) is 55.1 Å². The summed E-state index contributed by atoms with van der Waals surface area (Å²) in [5.41, 5.74) is 5.58. The van der Waals surface area contributed by atoms with Crippen molar-refractivity contribution in [2.45, 2.75) is 12.5 Å². The molecule has 0 saturated carbocycles. The van der Waals surface area contributed by atoms with Crippen LogP contribution >= 0.6 is 0 Å². The first-order valence-electron chi connectivity index (χ1n) is 4.45. The van der Waals surface area contributed by atoms with Crippen LogP contribution < -0.4 is 11.1 Å². The number of hydrogen-bond donors (Lipinski definition) is 2. The van der Waals surface area contributed by atoms with Crippen molar-refractivity contribution in [2.75, 3.05) is 7.05 Å². The minimum absolute atomic E-state index is 0.0245. The first kappa shape index (κ1) is 11.6. The maximum atomic E-state index is 13.1. The molecule has 1 amide bonds. The molecule has 1 rings (SSSR count). The van der Waals surface area contributed by atoms with Crippen LogP contribution in [-0.2, 0) is 11.2 Å². The Morgan fingerprint density at radius 1 is 1.53 bits per heavy atom. The van der Waals surface area contributed by atoms with Gasteiger partial charge in [0.1, 0.15) is 11.6 Å². The van der Waals surface area contributed by atoms with Gasteiger partial charge in [0.2, 0.25) is 5.91 Å². The Morgan fingerprint density at radius 2 is 2.20 bits per heavy atom. The lowest BCUT2D eigenvalue weighted by Gasteiger charge is -2.10. The smallest absolute Gasteiger partial charge is 0.237 e. The molecule has 0 radical (unpaired) electrons. The van der Waals surface area contributed by atoms with E-state index in [-0.39, 0.29) is 12.0 Å². The molecule has 0 aromatic heterocycles. The summed E-state index contributed by atoms with van der Waals surface area (Å²) in [6.45, 7) is 0. The Hall–Kier alpha value is -1.49. The van der Waals surface area contributed by atoms with Gasteiger partial charge in [-0.3, -0.25) is 4.79 Å². The Morgan fingerprint density at radius 3 is 2.80 bits per heavy atom. The van der Waals surface area contributed by atoms with Gasteiger partial charge in [-0.2, -0.15) is 0 Å². The average molecular weight is 214 g/mol. The van der Waals surface area contributed by atoms with Crippen molar-refractivity contribution in [1.82, 2.24) is 5.32 Å². The fourth-order valence-electron chi connectivity index (χ4n) is 1.21. The lowest BCUT2D eigenvalue weighted by atomic mass is 10.1. The number of carbonyl (C=O) groups is 1. The van der Waals surface area contributed by atoms with Crippen molar-refractivity contribution >= 4 is 5.91 Å². The number of halogens is 2. The summed E-state index contributed by atoms with van der Waals surface area (Å²) in [6, 6.07) is 2.20. The number of nitrogens with two attached hydrogens (primary N) is 1. The van der Waals surface area contributed by atoms with Gasteiger partial charge in [-0.15, -0.1) is 0 Å². The molecule has 0 saturated heterocycles. The molecule has 0 heterocycles. The van der Waals surface area contributed by atoms with E-state index in [9.17, 15) is 13.6 Å². The van der Waals surface area contributed by atoms with Crippen molar-refractivity contribution in [3.63, 3.8) is 0 Å². The minimum Gasteiger partial charge on any atom is -0.358 e. The Balaban J connectivity index is 2.80. The molecule has 15 heavy (non-hydrogen) atoms. The Bertz CT molecular complexity index is 368. The quantitative estimate of drug-likeness (QED) is 0.773. The summed E-state index contributed by atoms with van der Waals surface area (Å²) in [5, 5.41) is 2.34. The van der Waals surface area contributed by atoms with Crippen molar-refractivity contribution in [3.05, 3.63) is 35.4 Å². The van der Waals surface area contributed by atoms with Crippen LogP contribution in [0.3, 0.4) is 0 Å². The maximum Gasteiger partial charge on any atom is 0.237 e. The van der Waals surface area contributed by atoms with E-state index in [1.807, 2.05) is 0 Å². The number of nitrogens with one attached hydrogen (secondary N) is 1. The van der Waals surface area contributed by atoms with E-state index in [4.69, 9.17) is 5.73 Å². The number of benzene rings is 1. The third-order valence-electron chi connectivity index (χ3n) is 2.03. The number of likely N-dealkylation sites (N-methyl/N-ethyl adjacent to an activating group) is 1. The average Bonchev–Trinajstić information content (AvgIpc) is 2.22. The molecule has 3 N–H and O–H groups in total. The molecular formula is C10H12F2N2O. The second-order valence-corrected chi connectivity index (χ2v) is 3.16. The monoisotopic (exact) mass is 214 g/mol. The molecule has 0 aliphatic rings. The Labute approximate surface area is 86.3 Å². The van der Waals surface area contributed by atoms with Gasteiger partial charge in [0.25, 0.3) is 0 Å². The van der Waals surface area contributed by atoms with E-state index in [1.165, 1.54) is 7.05 Å². The molecule has 1 aromatic carbocycles. The first-order chi connectivity index (χ1) is 7.04. The molecule has 82 valence electrons. The van der Waals surface area contributed by atoms with Gasteiger partial charge in [-0.25, -0.2) is 8.78 Å². The SMILES string of the molecule is CNC(=O)C(N)Cc1cc(F)ccc1F. The summed E-state index contributed by atoms with van der Waals surface area (Å²) >= 11 is 0. The van der Waals surface area contributed by atoms with Crippen LogP contribution in [0, 0.1) is 11.6 Å². The van der Waals surface area contributed by atoms with Crippen molar-refractivity contribution in [3.8, 4) is 0 Å². The minimum atomic E-state index is -0.869. The van der Waals surface area contributed by atoms with Crippen LogP contribution in [0.15, 0.2) is 18.2 Å². The van der Waals surface area contributed by atoms with Crippen molar-refractivity contribution in [2.24, 2.45) is 5.73 Å². The molecule has 1 aromatic rings. The second kappa shape index (κ2) is 4.84. The zero-order valence-electron chi connectivity index (χ0n) is 8.26. The van der Waals surface area contributed by atoms with E-state index in [0.29, 0.717) is 0 Å². The molecule has 3 nitrogen and oxygen atoms in total. The highest BCUT2D eigenvalue weighted by atomic mass is 19.1. The predicted molar refractivity (Wildman–Crippen MR) is 52.1 cm³/mol. The van der Waals surface area contributed by atoms with Crippen LogP contribution in [0.5, 0.6) is 0 Å². The zero-order valence-corrected chi connectivity index (χ0v) is 8.26. The van der Waals surface area contributed by atoms with Gasteiger partial charge in [0, 0.05) is 7.05 Å². The highest BCUT2D eigenvalue weighted by Gasteiger charge is 2.14. The van der Waals surface area contributed by atoms with Gasteiger partial charge < -0.3 is 11.1 Å². The highest BCUT2D eigenvalue weighted by molar-refractivity contribution is 5.81. The van der Waals surface area contributed by atoms with E-state index in [1.54, 1.807) is 0 Å². The largest absolute Gasteiger partial charge is 0.358 e. The summed E-state index contributed by atoms with van der Waals surface area (Å²) < 4.78 is 25.9. The van der Waals surface area contributed by atoms with Gasteiger partial charge in [-0.1, -0.05) is 0 Å². The number of amides is 1. The molecule has 5 heteroatoms. The standard InChI is InChI=1S/C10H12F2N2O/c1-14-10(15)9(13)5-6-4-7(11)2-3-8(6)12/h2-4,9H,5,13H2,1H3,(H,14,15). The van der Waals surface area contributed by atoms with E-state index in [2.05, 4.69) is 5.32 Å². The van der Waals surface area contributed by atoms with Gasteiger partial charge in [-0.05, 0) is 30.2 Å². The number of hydrogen-bond acceptors (Lipinski definition) is 2. The zero-order chi connectivity index (χ0) is 11.4. The number of carbonyl (C=O) groups excluding carboxylic acids is 1. The maximum absolute atomic E-state index is 13.1. The predicted octanol–water partition coefficient (Wildman–Crippen LogP) is 0.581. The summed E-state index contributed by atoms with van der Waals surface area (Å²) in [6.07, 6.45) is -0.0245. The molecule has 0 fully saturated rings. The summed E-state index contributed by atoms with van der Waals surface area (Å²) in [7, 11) is 1.43. The normalized spacial score (nSPS) is 12.3. The van der Waals surface area contributed by atoms with Crippen LogP contribution in [0.1, 0.15) is 5.56 Å². The number of rotatable bonds is 3. The summed E-state index contributed by atoms with van der Waals surface area (Å²) in [4.78, 5) is 11.1. The van der Waals surface area contributed by atoms with Crippen molar-refractivity contribution < 1.29 is 13.6 Å². The van der Waals surface area contributed by atoms with Gasteiger partial charge in [0.05, 0.1) is 6.04 Å². The van der Waals surface area contributed by atoms with Gasteiger partial charge >= 0.3 is 0 Å². The van der Waals surface area contributed by atoms with Crippen LogP contribution in [0.2, 0.25) is 0 Å². The second-order valence-electron chi connectivity index (χ2n) is 3.16. The molecule has 1 atom stereocenters. The van der Waals surface area contributed by atoms with Crippen molar-refractivity contribution in [1.29, 1.82) is 0 Å².